The van der Waals surface area contributed by atoms with E-state index in [2.05, 4.69) is 5.32 Å². The molecule has 3 amide bonds. The van der Waals surface area contributed by atoms with Crippen LogP contribution in [0.3, 0.4) is 0 Å². The van der Waals surface area contributed by atoms with Crippen LogP contribution in [0, 0.1) is 0 Å². The molecule has 15 heteroatoms. The average molecular weight is 755 g/mol. The van der Waals surface area contributed by atoms with E-state index >= 15 is 0 Å². The van der Waals surface area contributed by atoms with E-state index in [1.807, 2.05) is 12.1 Å². The first kappa shape index (κ1) is 41.1. The van der Waals surface area contributed by atoms with E-state index in [0.29, 0.717) is 60.6 Å². The molecule has 1 aliphatic heterocycles. The topological polar surface area (TPSA) is 107 Å². The molecule has 1 saturated heterocycles. The van der Waals surface area contributed by atoms with Crippen LogP contribution in [0.2, 0.25) is 0 Å². The Kier molecular flexibility index (Phi) is 12.8. The molecular formula is C38H44F6N2O7. The molecule has 0 bridgehead atoms. The monoisotopic (exact) mass is 754 g/mol. The number of halogens is 6. The molecule has 0 spiro atoms. The third kappa shape index (κ3) is 8.77. The largest absolute Gasteiger partial charge is 0.497 e. The van der Waals surface area contributed by atoms with Gasteiger partial charge >= 0.3 is 18.4 Å². The number of methoxy groups -OCH3 is 2. The van der Waals surface area contributed by atoms with E-state index in [9.17, 15) is 41.0 Å². The summed E-state index contributed by atoms with van der Waals surface area (Å²) in [6.07, 6.45) is -10.4. The molecule has 53 heavy (non-hydrogen) atoms. The zero-order valence-corrected chi connectivity index (χ0v) is 30.2. The smallest absolute Gasteiger partial charge is 0.430 e. The van der Waals surface area contributed by atoms with Crippen molar-refractivity contribution in [3.05, 3.63) is 82.4 Å². The molecule has 0 radical (unpaired) electrons. The molecule has 1 aliphatic rings. The van der Waals surface area contributed by atoms with Gasteiger partial charge in [0, 0.05) is 18.2 Å². The number of aliphatic hydroxyl groups is 1. The van der Waals surface area contributed by atoms with Crippen molar-refractivity contribution in [2.75, 3.05) is 27.4 Å². The minimum Gasteiger partial charge on any atom is -0.497 e. The Bertz CT molecular complexity index is 1680. The maximum atomic E-state index is 13.7. The molecule has 9 nitrogen and oxygen atoms in total. The first-order valence-electron chi connectivity index (χ1n) is 17.2. The Hall–Kier alpha value is -4.66. The van der Waals surface area contributed by atoms with Gasteiger partial charge in [-0.3, -0.25) is 9.69 Å². The molecule has 290 valence electrons. The zero-order valence-electron chi connectivity index (χ0n) is 30.2. The minimum atomic E-state index is -6.01. The highest BCUT2D eigenvalue weighted by Gasteiger charge is 2.71. The number of ether oxygens (including phenoxy) is 4. The lowest BCUT2D eigenvalue weighted by Crippen LogP contribution is -2.54. The fraction of sp³-hybridized carbons (Fsp3) is 0.474. The summed E-state index contributed by atoms with van der Waals surface area (Å²) in [5, 5.41) is 12.8. The number of nitrogens with one attached hydrogen (secondary N) is 1. The van der Waals surface area contributed by atoms with E-state index in [0.717, 1.165) is 10.5 Å². The molecule has 1 fully saturated rings. The highest BCUT2D eigenvalue weighted by molar-refractivity contribution is 6.07. The maximum Gasteiger partial charge on any atom is 0.430 e. The number of benzene rings is 3. The highest BCUT2D eigenvalue weighted by Crippen LogP contribution is 2.51. The SMILES string of the molecule is CCCc1cc(C(O)(C(F)(F)F)C(F)(F)F)cc(CCC)c1OCCCCN1C(=O)NC(C)(c2ccc(OCc3cc(OC)cc(OC)c3)cc2)C1=O. The van der Waals surface area contributed by atoms with Crippen molar-refractivity contribution in [3.8, 4) is 23.0 Å². The Labute approximate surface area is 304 Å². The standard InChI is InChI=1S/C38H44F6N2O7/c1-6-10-25-20-28(36(49,37(39,40)41)38(42,43)44)21-26(11-7-2)32(25)52-17-9-8-16-46-33(47)35(3,45-34(46)48)27-12-14-29(15-13-27)53-23-24-18-30(50-4)22-31(19-24)51-5/h12-15,18-22,49H,6-11,16-17,23H2,1-5H3,(H,45,48). The summed E-state index contributed by atoms with van der Waals surface area (Å²) < 4.78 is 105. The number of nitrogens with zero attached hydrogens (tertiary/aromatic N) is 1. The van der Waals surface area contributed by atoms with E-state index < -0.39 is 41.0 Å². The van der Waals surface area contributed by atoms with Crippen LogP contribution in [-0.2, 0) is 35.4 Å². The molecule has 0 aromatic heterocycles. The van der Waals surface area contributed by atoms with Gasteiger partial charge in [-0.25, -0.2) is 4.79 Å². The van der Waals surface area contributed by atoms with Crippen molar-refractivity contribution in [1.82, 2.24) is 10.2 Å². The number of alkyl halides is 6. The fourth-order valence-corrected chi connectivity index (χ4v) is 6.19. The van der Waals surface area contributed by atoms with Crippen molar-refractivity contribution in [2.24, 2.45) is 0 Å². The van der Waals surface area contributed by atoms with Crippen molar-refractivity contribution >= 4 is 11.9 Å². The van der Waals surface area contributed by atoms with Crippen LogP contribution in [0.15, 0.2) is 54.6 Å². The van der Waals surface area contributed by atoms with Gasteiger partial charge in [-0.05, 0) is 91.3 Å². The lowest BCUT2D eigenvalue weighted by atomic mass is 9.87. The lowest BCUT2D eigenvalue weighted by Gasteiger charge is -2.33. The van der Waals surface area contributed by atoms with Gasteiger partial charge in [0.2, 0.25) is 0 Å². The summed E-state index contributed by atoms with van der Waals surface area (Å²) in [6, 6.07) is 13.0. The number of urea groups is 1. The first-order valence-corrected chi connectivity index (χ1v) is 17.2. The number of rotatable bonds is 17. The second-order valence-electron chi connectivity index (χ2n) is 12.9. The molecule has 1 unspecified atom stereocenters. The third-order valence-corrected chi connectivity index (χ3v) is 9.07. The Morgan fingerprint density at radius 1 is 0.774 bits per heavy atom. The number of unbranched alkanes of at least 4 members (excludes halogenated alkanes) is 1. The van der Waals surface area contributed by atoms with Crippen LogP contribution >= 0.6 is 0 Å². The molecule has 3 aromatic carbocycles. The number of amides is 3. The van der Waals surface area contributed by atoms with Gasteiger partial charge in [0.05, 0.1) is 20.8 Å². The summed E-state index contributed by atoms with van der Waals surface area (Å²) in [7, 11) is 3.10. The van der Waals surface area contributed by atoms with E-state index in [1.165, 1.54) is 0 Å². The summed E-state index contributed by atoms with van der Waals surface area (Å²) in [5.41, 5.74) is -6.12. The summed E-state index contributed by atoms with van der Waals surface area (Å²) >= 11 is 0. The molecular weight excluding hydrogens is 710 g/mol. The van der Waals surface area contributed by atoms with Gasteiger partial charge in [-0.2, -0.15) is 26.3 Å². The van der Waals surface area contributed by atoms with Crippen molar-refractivity contribution < 1.29 is 60.0 Å². The number of carbonyl (C=O) groups excluding carboxylic acids is 2. The van der Waals surface area contributed by atoms with Gasteiger partial charge < -0.3 is 29.4 Å². The summed E-state index contributed by atoms with van der Waals surface area (Å²) in [4.78, 5) is 27.5. The quantitative estimate of drug-likeness (QED) is 0.0815. The number of aryl methyl sites for hydroxylation is 2. The number of hydrogen-bond donors (Lipinski definition) is 2. The Morgan fingerprint density at radius 3 is 1.81 bits per heavy atom. The second-order valence-corrected chi connectivity index (χ2v) is 12.9. The normalized spacial score (nSPS) is 16.5. The van der Waals surface area contributed by atoms with Crippen molar-refractivity contribution in [3.63, 3.8) is 0 Å². The third-order valence-electron chi connectivity index (χ3n) is 9.07. The van der Waals surface area contributed by atoms with Crippen LogP contribution in [0.25, 0.3) is 0 Å². The van der Waals surface area contributed by atoms with Crippen LogP contribution in [0.4, 0.5) is 31.1 Å². The summed E-state index contributed by atoms with van der Waals surface area (Å²) in [5.74, 6) is 1.47. The molecule has 0 saturated carbocycles. The summed E-state index contributed by atoms with van der Waals surface area (Å²) in [6.45, 7) is 5.31. The Balaban J connectivity index is 1.39. The highest BCUT2D eigenvalue weighted by atomic mass is 19.4. The lowest BCUT2D eigenvalue weighted by molar-refractivity contribution is -0.376. The number of hydrogen-bond acceptors (Lipinski definition) is 7. The van der Waals surface area contributed by atoms with Gasteiger partial charge in [0.1, 0.15) is 35.1 Å². The van der Waals surface area contributed by atoms with Gasteiger partial charge in [0.25, 0.3) is 11.5 Å². The van der Waals surface area contributed by atoms with Crippen LogP contribution in [-0.4, -0.2) is 61.7 Å². The second kappa shape index (κ2) is 16.6. The molecule has 4 rings (SSSR count). The molecule has 1 atom stereocenters. The van der Waals surface area contributed by atoms with E-state index in [1.54, 1.807) is 65.3 Å². The minimum absolute atomic E-state index is 0.0144. The predicted molar refractivity (Wildman–Crippen MR) is 183 cm³/mol. The average Bonchev–Trinajstić information content (AvgIpc) is 3.33. The molecule has 2 N–H and O–H groups in total. The first-order chi connectivity index (χ1) is 24.9. The Morgan fingerprint density at radius 2 is 1.32 bits per heavy atom. The fourth-order valence-electron chi connectivity index (χ4n) is 6.19. The van der Waals surface area contributed by atoms with Crippen LogP contribution < -0.4 is 24.3 Å². The number of carbonyl (C=O) groups is 2. The molecule has 0 aliphatic carbocycles. The van der Waals surface area contributed by atoms with Crippen molar-refractivity contribution in [2.45, 2.75) is 89.4 Å². The molecule has 1 heterocycles. The maximum absolute atomic E-state index is 13.7. The van der Waals surface area contributed by atoms with Crippen LogP contribution in [0.1, 0.15) is 74.3 Å². The zero-order chi connectivity index (χ0) is 39.2. The van der Waals surface area contributed by atoms with Crippen LogP contribution in [0.5, 0.6) is 23.0 Å². The van der Waals surface area contributed by atoms with Gasteiger partial charge in [0.15, 0.2) is 0 Å². The van der Waals surface area contributed by atoms with Gasteiger partial charge in [-0.15, -0.1) is 0 Å². The van der Waals surface area contributed by atoms with Crippen molar-refractivity contribution in [1.29, 1.82) is 0 Å². The number of imide groups is 1. The van der Waals surface area contributed by atoms with Gasteiger partial charge in [-0.1, -0.05) is 38.8 Å². The van der Waals surface area contributed by atoms with E-state index in [-0.39, 0.29) is 49.5 Å². The van der Waals surface area contributed by atoms with E-state index in [4.69, 9.17) is 18.9 Å². The predicted octanol–water partition coefficient (Wildman–Crippen LogP) is 8.13. The molecule has 3 aromatic rings.